The van der Waals surface area contributed by atoms with Gasteiger partial charge in [-0.3, -0.25) is 4.79 Å². The smallest absolute Gasteiger partial charge is 0.259 e. The van der Waals surface area contributed by atoms with Gasteiger partial charge in [-0.25, -0.2) is 0 Å². The monoisotopic (exact) mass is 321 g/mol. The molecular weight excluding hydrogens is 310 g/mol. The minimum Gasteiger partial charge on any atom is -0.507 e. The fourth-order valence-electron chi connectivity index (χ4n) is 1.58. The van der Waals surface area contributed by atoms with E-state index in [1.807, 2.05) is 0 Å². The number of aromatic hydroxyl groups is 1. The fraction of sp³-hybridized carbons (Fsp3) is 0.0714. The molecule has 2 rings (SSSR count). The Hall–Kier alpha value is -2.01. The molecule has 0 saturated carbocycles. The number of rotatable bonds is 3. The summed E-state index contributed by atoms with van der Waals surface area (Å²) in [6, 6.07) is 11.6. The van der Waals surface area contributed by atoms with E-state index in [2.05, 4.69) is 21.2 Å². The lowest BCUT2D eigenvalue weighted by atomic mass is 10.2. The second-order valence-corrected chi connectivity index (χ2v) is 4.67. The molecule has 1 amide bonds. The molecule has 0 spiro atoms. The molecule has 0 atom stereocenters. The maximum Gasteiger partial charge on any atom is 0.259 e. The molecule has 19 heavy (non-hydrogen) atoms. The van der Waals surface area contributed by atoms with Crippen molar-refractivity contribution in [3.8, 4) is 11.5 Å². The number of phenols is 1. The lowest BCUT2D eigenvalue weighted by molar-refractivity contribution is 0.102. The normalized spacial score (nSPS) is 10.0. The van der Waals surface area contributed by atoms with Gasteiger partial charge in [0.2, 0.25) is 0 Å². The predicted molar refractivity (Wildman–Crippen MR) is 76.8 cm³/mol. The van der Waals surface area contributed by atoms with E-state index in [1.165, 1.54) is 6.07 Å². The van der Waals surface area contributed by atoms with Gasteiger partial charge in [-0.05, 0) is 40.2 Å². The number of para-hydroxylation sites is 1. The van der Waals surface area contributed by atoms with Crippen LogP contribution < -0.4 is 10.1 Å². The number of benzene rings is 2. The number of hydrogen-bond acceptors (Lipinski definition) is 3. The molecule has 0 aliphatic heterocycles. The van der Waals surface area contributed by atoms with Crippen LogP contribution in [-0.2, 0) is 0 Å². The van der Waals surface area contributed by atoms with Crippen LogP contribution in [-0.4, -0.2) is 18.1 Å². The first-order valence-corrected chi connectivity index (χ1v) is 6.34. The summed E-state index contributed by atoms with van der Waals surface area (Å²) >= 11 is 3.35. The van der Waals surface area contributed by atoms with Crippen LogP contribution >= 0.6 is 15.9 Å². The SMILES string of the molecule is COc1ccc(Br)c(NC(=O)c2ccccc2O)c1. The van der Waals surface area contributed by atoms with Crippen molar-refractivity contribution in [1.82, 2.24) is 0 Å². The largest absolute Gasteiger partial charge is 0.507 e. The number of phenolic OH excluding ortho intramolecular Hbond substituents is 1. The summed E-state index contributed by atoms with van der Waals surface area (Å²) in [4.78, 5) is 12.1. The van der Waals surface area contributed by atoms with E-state index in [0.717, 1.165) is 4.47 Å². The van der Waals surface area contributed by atoms with E-state index in [1.54, 1.807) is 43.5 Å². The lowest BCUT2D eigenvalue weighted by Gasteiger charge is -2.10. The Morgan fingerprint density at radius 3 is 2.68 bits per heavy atom. The highest BCUT2D eigenvalue weighted by Crippen LogP contribution is 2.28. The number of nitrogens with one attached hydrogen (secondary N) is 1. The van der Waals surface area contributed by atoms with E-state index in [4.69, 9.17) is 4.74 Å². The van der Waals surface area contributed by atoms with Gasteiger partial charge in [-0.1, -0.05) is 12.1 Å². The van der Waals surface area contributed by atoms with Crippen LogP contribution in [0.2, 0.25) is 0 Å². The number of amides is 1. The third-order valence-electron chi connectivity index (χ3n) is 2.57. The van der Waals surface area contributed by atoms with Crippen molar-refractivity contribution in [2.75, 3.05) is 12.4 Å². The van der Waals surface area contributed by atoms with Gasteiger partial charge >= 0.3 is 0 Å². The number of carbonyl (C=O) groups excluding carboxylic acids is 1. The molecule has 0 aromatic heterocycles. The highest BCUT2D eigenvalue weighted by Gasteiger charge is 2.12. The zero-order valence-electron chi connectivity index (χ0n) is 10.2. The zero-order chi connectivity index (χ0) is 13.8. The number of halogens is 1. The van der Waals surface area contributed by atoms with E-state index >= 15 is 0 Å². The first-order chi connectivity index (χ1) is 9.11. The third kappa shape index (κ3) is 3.06. The molecule has 0 fully saturated rings. The van der Waals surface area contributed by atoms with Crippen molar-refractivity contribution in [3.05, 3.63) is 52.5 Å². The second-order valence-electron chi connectivity index (χ2n) is 3.82. The van der Waals surface area contributed by atoms with Gasteiger partial charge in [-0.15, -0.1) is 0 Å². The van der Waals surface area contributed by atoms with Crippen LogP contribution in [0.15, 0.2) is 46.9 Å². The van der Waals surface area contributed by atoms with E-state index in [0.29, 0.717) is 11.4 Å². The molecule has 0 aliphatic carbocycles. The average molecular weight is 322 g/mol. The van der Waals surface area contributed by atoms with Crippen molar-refractivity contribution in [2.45, 2.75) is 0 Å². The second kappa shape index (κ2) is 5.75. The van der Waals surface area contributed by atoms with Gasteiger partial charge in [0.15, 0.2) is 0 Å². The minimum atomic E-state index is -0.382. The summed E-state index contributed by atoms with van der Waals surface area (Å²) in [6.45, 7) is 0. The van der Waals surface area contributed by atoms with E-state index in [-0.39, 0.29) is 17.2 Å². The number of ether oxygens (including phenoxy) is 1. The minimum absolute atomic E-state index is 0.0565. The van der Waals surface area contributed by atoms with Crippen molar-refractivity contribution in [1.29, 1.82) is 0 Å². The molecule has 98 valence electrons. The molecule has 0 radical (unpaired) electrons. The number of hydrogen-bond donors (Lipinski definition) is 2. The molecule has 0 saturated heterocycles. The van der Waals surface area contributed by atoms with Gasteiger partial charge in [-0.2, -0.15) is 0 Å². The first kappa shape index (κ1) is 13.4. The molecule has 2 aromatic carbocycles. The van der Waals surface area contributed by atoms with Gasteiger partial charge in [0.05, 0.1) is 18.4 Å². The van der Waals surface area contributed by atoms with Crippen molar-refractivity contribution in [3.63, 3.8) is 0 Å². The first-order valence-electron chi connectivity index (χ1n) is 5.54. The molecule has 0 unspecified atom stereocenters. The summed E-state index contributed by atoms with van der Waals surface area (Å²) in [5.41, 5.74) is 0.796. The van der Waals surface area contributed by atoms with Gasteiger partial charge in [0, 0.05) is 10.5 Å². The number of carbonyl (C=O) groups is 1. The molecule has 0 aliphatic rings. The van der Waals surface area contributed by atoms with Crippen LogP contribution in [0.3, 0.4) is 0 Å². The molecule has 0 bridgehead atoms. The van der Waals surface area contributed by atoms with Gasteiger partial charge < -0.3 is 15.2 Å². The lowest BCUT2D eigenvalue weighted by Crippen LogP contribution is -2.12. The molecular formula is C14H12BrNO3. The molecule has 2 aromatic rings. The molecule has 2 N–H and O–H groups in total. The van der Waals surface area contributed by atoms with Crippen molar-refractivity contribution in [2.24, 2.45) is 0 Å². The average Bonchev–Trinajstić information content (AvgIpc) is 2.41. The molecule has 0 heterocycles. The maximum atomic E-state index is 12.1. The fourth-order valence-corrected chi connectivity index (χ4v) is 1.93. The van der Waals surface area contributed by atoms with Gasteiger partial charge in [0.1, 0.15) is 11.5 Å². The summed E-state index contributed by atoms with van der Waals surface area (Å²) < 4.78 is 5.83. The quantitative estimate of drug-likeness (QED) is 0.910. The predicted octanol–water partition coefficient (Wildman–Crippen LogP) is 3.42. The number of anilines is 1. The Kier molecular flexibility index (Phi) is 4.06. The van der Waals surface area contributed by atoms with Gasteiger partial charge in [0.25, 0.3) is 5.91 Å². The highest BCUT2D eigenvalue weighted by molar-refractivity contribution is 9.10. The zero-order valence-corrected chi connectivity index (χ0v) is 11.8. The van der Waals surface area contributed by atoms with E-state index in [9.17, 15) is 9.90 Å². The Morgan fingerprint density at radius 2 is 2.00 bits per heavy atom. The van der Waals surface area contributed by atoms with Crippen LogP contribution in [0, 0.1) is 0 Å². The van der Waals surface area contributed by atoms with Crippen LogP contribution in [0.5, 0.6) is 11.5 Å². The summed E-state index contributed by atoms with van der Waals surface area (Å²) in [5, 5.41) is 12.3. The van der Waals surface area contributed by atoms with Crippen molar-refractivity contribution < 1.29 is 14.6 Å². The number of methoxy groups -OCH3 is 1. The Bertz CT molecular complexity index is 613. The Balaban J connectivity index is 2.26. The standard InChI is InChI=1S/C14H12BrNO3/c1-19-9-6-7-11(15)12(8-9)16-14(18)10-4-2-3-5-13(10)17/h2-8,17H,1H3,(H,16,18). The van der Waals surface area contributed by atoms with E-state index < -0.39 is 0 Å². The Labute approximate surface area is 119 Å². The summed E-state index contributed by atoms with van der Waals surface area (Å²) in [7, 11) is 1.55. The topological polar surface area (TPSA) is 58.6 Å². The summed E-state index contributed by atoms with van der Waals surface area (Å²) in [6.07, 6.45) is 0. The molecule has 4 nitrogen and oxygen atoms in total. The van der Waals surface area contributed by atoms with Crippen LogP contribution in [0.25, 0.3) is 0 Å². The third-order valence-corrected chi connectivity index (χ3v) is 3.26. The summed E-state index contributed by atoms with van der Waals surface area (Å²) in [5.74, 6) is 0.196. The molecule has 5 heteroatoms. The Morgan fingerprint density at radius 1 is 1.26 bits per heavy atom. The van der Waals surface area contributed by atoms with Crippen LogP contribution in [0.4, 0.5) is 5.69 Å². The maximum absolute atomic E-state index is 12.1. The van der Waals surface area contributed by atoms with Crippen molar-refractivity contribution >= 4 is 27.5 Å². The van der Waals surface area contributed by atoms with Crippen LogP contribution in [0.1, 0.15) is 10.4 Å². The highest BCUT2D eigenvalue weighted by atomic mass is 79.9.